The third-order valence-electron chi connectivity index (χ3n) is 2.23. The van der Waals surface area contributed by atoms with Gasteiger partial charge in [0.1, 0.15) is 5.60 Å². The maximum absolute atomic E-state index is 10.1. The van der Waals surface area contributed by atoms with E-state index in [1.807, 2.05) is 25.1 Å². The summed E-state index contributed by atoms with van der Waals surface area (Å²) in [6, 6.07) is 5.64. The third-order valence-corrected chi connectivity index (χ3v) is 2.23. The predicted octanol–water partition coefficient (Wildman–Crippen LogP) is 2.48. The second-order valence-electron chi connectivity index (χ2n) is 3.59. The molecule has 1 N–H and O–H groups in total. The monoisotopic (exact) mass is 179 g/mol. The Kier molecular flexibility index (Phi) is 3.43. The lowest BCUT2D eigenvalue weighted by Crippen LogP contribution is -2.22. The van der Waals surface area contributed by atoms with Crippen LogP contribution in [-0.4, -0.2) is 10.1 Å². The summed E-state index contributed by atoms with van der Waals surface area (Å²) in [5.74, 6) is 0. The van der Waals surface area contributed by atoms with Crippen molar-refractivity contribution in [2.45, 2.75) is 38.7 Å². The van der Waals surface area contributed by atoms with Crippen LogP contribution in [0, 0.1) is 0 Å². The van der Waals surface area contributed by atoms with Gasteiger partial charge < -0.3 is 5.11 Å². The number of rotatable bonds is 4. The first kappa shape index (κ1) is 10.2. The first-order chi connectivity index (χ1) is 6.17. The highest BCUT2D eigenvalue weighted by atomic mass is 16.3. The van der Waals surface area contributed by atoms with Crippen molar-refractivity contribution >= 4 is 0 Å². The third kappa shape index (κ3) is 2.81. The van der Waals surface area contributed by atoms with E-state index >= 15 is 0 Å². The van der Waals surface area contributed by atoms with E-state index in [-0.39, 0.29) is 0 Å². The quantitative estimate of drug-likeness (QED) is 0.770. The second-order valence-corrected chi connectivity index (χ2v) is 3.59. The fraction of sp³-hybridized carbons (Fsp3) is 0.545. The smallest absolute Gasteiger partial charge is 0.104 e. The highest BCUT2D eigenvalue weighted by Crippen LogP contribution is 2.24. The van der Waals surface area contributed by atoms with Gasteiger partial charge in [-0.3, -0.25) is 4.98 Å². The summed E-state index contributed by atoms with van der Waals surface area (Å²) in [5, 5.41) is 10.1. The van der Waals surface area contributed by atoms with E-state index in [1.165, 1.54) is 0 Å². The molecule has 72 valence electrons. The Morgan fingerprint density at radius 2 is 2.23 bits per heavy atom. The van der Waals surface area contributed by atoms with Gasteiger partial charge in [-0.25, -0.2) is 0 Å². The standard InChI is InChI=1S/C11H17NO/c1-3-4-8-11(2,13)10-7-5-6-9-12-10/h5-7,9,13H,3-4,8H2,1-2H3/t11-/m1/s1. The molecule has 0 saturated carbocycles. The van der Waals surface area contributed by atoms with Gasteiger partial charge in [-0.15, -0.1) is 0 Å². The van der Waals surface area contributed by atoms with Crippen molar-refractivity contribution in [2.24, 2.45) is 0 Å². The van der Waals surface area contributed by atoms with E-state index in [9.17, 15) is 5.11 Å². The van der Waals surface area contributed by atoms with Crippen LogP contribution in [0.15, 0.2) is 24.4 Å². The van der Waals surface area contributed by atoms with E-state index in [0.29, 0.717) is 0 Å². The molecule has 0 unspecified atom stereocenters. The number of hydrogen-bond donors (Lipinski definition) is 1. The molecule has 0 bridgehead atoms. The molecule has 1 rings (SSSR count). The Hall–Kier alpha value is -0.890. The van der Waals surface area contributed by atoms with Crippen LogP contribution >= 0.6 is 0 Å². The first-order valence-corrected chi connectivity index (χ1v) is 4.80. The van der Waals surface area contributed by atoms with E-state index in [1.54, 1.807) is 6.20 Å². The van der Waals surface area contributed by atoms with Crippen LogP contribution in [0.2, 0.25) is 0 Å². The van der Waals surface area contributed by atoms with Crippen molar-refractivity contribution in [3.63, 3.8) is 0 Å². The van der Waals surface area contributed by atoms with E-state index < -0.39 is 5.60 Å². The molecule has 1 atom stereocenters. The molecule has 0 aliphatic carbocycles. The van der Waals surface area contributed by atoms with Gasteiger partial charge in [0.2, 0.25) is 0 Å². The van der Waals surface area contributed by atoms with Crippen molar-refractivity contribution < 1.29 is 5.11 Å². The van der Waals surface area contributed by atoms with Crippen LogP contribution < -0.4 is 0 Å². The molecule has 0 aliphatic heterocycles. The van der Waals surface area contributed by atoms with Crippen LogP contribution in [0.4, 0.5) is 0 Å². The largest absolute Gasteiger partial charge is 0.384 e. The minimum absolute atomic E-state index is 0.767. The summed E-state index contributed by atoms with van der Waals surface area (Å²) in [7, 11) is 0. The molecule has 0 amide bonds. The zero-order valence-corrected chi connectivity index (χ0v) is 8.33. The maximum Gasteiger partial charge on any atom is 0.104 e. The van der Waals surface area contributed by atoms with Crippen LogP contribution in [0.25, 0.3) is 0 Å². The minimum atomic E-state index is -0.767. The number of nitrogens with zero attached hydrogens (tertiary/aromatic N) is 1. The molecule has 0 spiro atoms. The molecular formula is C11H17NO. The number of aliphatic hydroxyl groups is 1. The average molecular weight is 179 g/mol. The molecule has 0 saturated heterocycles. The minimum Gasteiger partial charge on any atom is -0.384 e. The van der Waals surface area contributed by atoms with Gasteiger partial charge >= 0.3 is 0 Å². The first-order valence-electron chi connectivity index (χ1n) is 4.80. The van der Waals surface area contributed by atoms with E-state index in [4.69, 9.17) is 0 Å². The number of pyridine rings is 1. The molecule has 0 aromatic carbocycles. The zero-order chi connectivity index (χ0) is 9.73. The van der Waals surface area contributed by atoms with Gasteiger partial charge in [0, 0.05) is 6.20 Å². The molecule has 2 heteroatoms. The zero-order valence-electron chi connectivity index (χ0n) is 8.33. The maximum atomic E-state index is 10.1. The molecule has 0 aliphatic rings. The lowest BCUT2D eigenvalue weighted by Gasteiger charge is -2.22. The molecule has 13 heavy (non-hydrogen) atoms. The van der Waals surface area contributed by atoms with Gasteiger partial charge in [0.25, 0.3) is 0 Å². The van der Waals surface area contributed by atoms with Crippen molar-refractivity contribution in [1.82, 2.24) is 4.98 Å². The predicted molar refractivity (Wildman–Crippen MR) is 53.3 cm³/mol. The number of unbranched alkanes of at least 4 members (excludes halogenated alkanes) is 1. The Morgan fingerprint density at radius 3 is 2.77 bits per heavy atom. The van der Waals surface area contributed by atoms with Gasteiger partial charge in [-0.1, -0.05) is 25.8 Å². The SMILES string of the molecule is CCCC[C@@](C)(O)c1ccccn1. The van der Waals surface area contributed by atoms with Gasteiger partial charge in [-0.05, 0) is 25.5 Å². The molecule has 0 fully saturated rings. The van der Waals surface area contributed by atoms with Gasteiger partial charge in [0.15, 0.2) is 0 Å². The summed E-state index contributed by atoms with van der Waals surface area (Å²) in [5.41, 5.74) is 0.000486. The Morgan fingerprint density at radius 1 is 1.46 bits per heavy atom. The fourth-order valence-electron chi connectivity index (χ4n) is 1.33. The summed E-state index contributed by atoms with van der Waals surface area (Å²) in [4.78, 5) is 4.15. The Bertz CT molecular complexity index is 244. The molecule has 1 aromatic heterocycles. The number of aromatic nitrogens is 1. The van der Waals surface area contributed by atoms with Crippen LogP contribution in [0.5, 0.6) is 0 Å². The summed E-state index contributed by atoms with van der Waals surface area (Å²) in [6.45, 7) is 3.94. The highest BCUT2D eigenvalue weighted by Gasteiger charge is 2.22. The lowest BCUT2D eigenvalue weighted by atomic mass is 9.95. The molecule has 2 nitrogen and oxygen atoms in total. The van der Waals surface area contributed by atoms with Crippen LogP contribution in [0.1, 0.15) is 38.8 Å². The van der Waals surface area contributed by atoms with Crippen molar-refractivity contribution in [3.05, 3.63) is 30.1 Å². The Balaban J connectivity index is 2.69. The summed E-state index contributed by atoms with van der Waals surface area (Å²) >= 11 is 0. The molecule has 1 aromatic rings. The molecular weight excluding hydrogens is 162 g/mol. The number of hydrogen-bond acceptors (Lipinski definition) is 2. The molecule has 1 heterocycles. The van der Waals surface area contributed by atoms with Crippen LogP contribution in [0.3, 0.4) is 0 Å². The van der Waals surface area contributed by atoms with Crippen molar-refractivity contribution in [1.29, 1.82) is 0 Å². The Labute approximate surface area is 79.6 Å². The second kappa shape index (κ2) is 4.38. The highest BCUT2D eigenvalue weighted by molar-refractivity contribution is 5.11. The summed E-state index contributed by atoms with van der Waals surface area (Å²) in [6.07, 6.45) is 4.63. The normalized spacial score (nSPS) is 15.3. The van der Waals surface area contributed by atoms with E-state index in [0.717, 1.165) is 25.0 Å². The average Bonchev–Trinajstić information content (AvgIpc) is 2.16. The van der Waals surface area contributed by atoms with Crippen molar-refractivity contribution in [2.75, 3.05) is 0 Å². The lowest BCUT2D eigenvalue weighted by molar-refractivity contribution is 0.0409. The topological polar surface area (TPSA) is 33.1 Å². The van der Waals surface area contributed by atoms with Crippen LogP contribution in [-0.2, 0) is 5.60 Å². The fourth-order valence-corrected chi connectivity index (χ4v) is 1.33. The van der Waals surface area contributed by atoms with Gasteiger partial charge in [-0.2, -0.15) is 0 Å². The molecule has 0 radical (unpaired) electrons. The van der Waals surface area contributed by atoms with E-state index in [2.05, 4.69) is 11.9 Å². The summed E-state index contributed by atoms with van der Waals surface area (Å²) < 4.78 is 0. The van der Waals surface area contributed by atoms with Crippen molar-refractivity contribution in [3.8, 4) is 0 Å². The van der Waals surface area contributed by atoms with Gasteiger partial charge in [0.05, 0.1) is 5.69 Å².